The summed E-state index contributed by atoms with van der Waals surface area (Å²) in [5.41, 5.74) is 0.375. The molecular weight excluding hydrogens is 250 g/mol. The van der Waals surface area contributed by atoms with Crippen LogP contribution in [-0.4, -0.2) is 38.6 Å². The fraction of sp³-hybridized carbons (Fsp3) is 0.636. The van der Waals surface area contributed by atoms with E-state index in [4.69, 9.17) is 0 Å². The van der Waals surface area contributed by atoms with Crippen molar-refractivity contribution in [3.05, 3.63) is 11.9 Å². The van der Waals surface area contributed by atoms with Gasteiger partial charge in [0.2, 0.25) is 5.91 Å². The first-order chi connectivity index (χ1) is 9.02. The Labute approximate surface area is 111 Å². The Bertz CT molecular complexity index is 430. The molecule has 3 N–H and O–H groups in total. The van der Waals surface area contributed by atoms with Gasteiger partial charge in [0.25, 0.3) is 0 Å². The number of nitrogens with zero attached hydrogens (tertiary/aromatic N) is 3. The summed E-state index contributed by atoms with van der Waals surface area (Å²) in [5.74, 6) is -0.490. The first-order valence-electron chi connectivity index (χ1n) is 6.18. The van der Waals surface area contributed by atoms with Crippen molar-refractivity contribution in [2.75, 3.05) is 6.54 Å². The van der Waals surface area contributed by atoms with E-state index in [1.165, 1.54) is 10.9 Å². The number of carbonyl (C=O) groups is 2. The lowest BCUT2D eigenvalue weighted by atomic mass is 10.3. The first-order valence-corrected chi connectivity index (χ1v) is 6.18. The topological polar surface area (TPSA) is 109 Å². The predicted molar refractivity (Wildman–Crippen MR) is 67.1 cm³/mol. The van der Waals surface area contributed by atoms with Gasteiger partial charge in [0.1, 0.15) is 12.2 Å². The monoisotopic (exact) mass is 269 g/mol. The van der Waals surface area contributed by atoms with Crippen molar-refractivity contribution in [3.63, 3.8) is 0 Å². The maximum Gasteiger partial charge on any atom is 0.321 e. The highest BCUT2D eigenvalue weighted by atomic mass is 16.3. The van der Waals surface area contributed by atoms with Crippen LogP contribution in [0, 0.1) is 0 Å². The molecule has 0 radical (unpaired) electrons. The molecule has 106 valence electrons. The number of unbranched alkanes of at least 4 members (excludes halogenated alkanes) is 1. The van der Waals surface area contributed by atoms with Gasteiger partial charge in [-0.25, -0.2) is 9.48 Å². The van der Waals surface area contributed by atoms with Crippen LogP contribution in [0.1, 0.15) is 38.5 Å². The van der Waals surface area contributed by atoms with Crippen molar-refractivity contribution in [2.45, 2.75) is 39.3 Å². The van der Waals surface area contributed by atoms with E-state index in [2.05, 4.69) is 20.9 Å². The van der Waals surface area contributed by atoms with Crippen LogP contribution in [-0.2, 0) is 11.3 Å². The maximum atomic E-state index is 11.5. The van der Waals surface area contributed by atoms with E-state index >= 15 is 0 Å². The van der Waals surface area contributed by atoms with Crippen LogP contribution < -0.4 is 10.6 Å². The Morgan fingerprint density at radius 2 is 2.26 bits per heavy atom. The molecule has 1 rings (SSSR count). The van der Waals surface area contributed by atoms with Crippen molar-refractivity contribution in [2.24, 2.45) is 0 Å². The first kappa shape index (κ1) is 15.1. The molecule has 0 aliphatic rings. The zero-order chi connectivity index (χ0) is 14.3. The molecule has 1 aromatic heterocycles. The number of urea groups is 1. The third-order valence-corrected chi connectivity index (χ3v) is 2.36. The largest absolute Gasteiger partial charge is 0.387 e. The minimum absolute atomic E-state index is 0.124. The summed E-state index contributed by atoms with van der Waals surface area (Å²) in [6.45, 7) is 3.97. The highest BCUT2D eigenvalue weighted by Crippen LogP contribution is 2.05. The number of aliphatic hydroxyl groups is 1. The zero-order valence-corrected chi connectivity index (χ0v) is 11.1. The van der Waals surface area contributed by atoms with Crippen LogP contribution in [0.15, 0.2) is 6.20 Å². The second-order valence-corrected chi connectivity index (χ2v) is 4.17. The van der Waals surface area contributed by atoms with E-state index < -0.39 is 18.0 Å². The van der Waals surface area contributed by atoms with Crippen molar-refractivity contribution in [1.29, 1.82) is 0 Å². The van der Waals surface area contributed by atoms with Gasteiger partial charge in [0.05, 0.1) is 12.3 Å². The van der Waals surface area contributed by atoms with Crippen molar-refractivity contribution < 1.29 is 14.7 Å². The second-order valence-electron chi connectivity index (χ2n) is 4.17. The second kappa shape index (κ2) is 7.47. The van der Waals surface area contributed by atoms with Crippen LogP contribution in [0.5, 0.6) is 0 Å². The van der Waals surface area contributed by atoms with Gasteiger partial charge in [0.15, 0.2) is 0 Å². The molecule has 1 aromatic rings. The lowest BCUT2D eigenvalue weighted by Gasteiger charge is -2.05. The highest BCUT2D eigenvalue weighted by Gasteiger charge is 2.11. The Morgan fingerprint density at radius 3 is 2.84 bits per heavy atom. The summed E-state index contributed by atoms with van der Waals surface area (Å²) in [6, 6.07) is -0.519. The molecule has 0 aromatic carbocycles. The van der Waals surface area contributed by atoms with Crippen molar-refractivity contribution >= 4 is 11.9 Å². The molecular formula is C11H19N5O3. The number of hydrogen-bond donors (Lipinski definition) is 3. The number of amides is 3. The average Bonchev–Trinajstić information content (AvgIpc) is 2.77. The van der Waals surface area contributed by atoms with Gasteiger partial charge in [-0.05, 0) is 13.3 Å². The highest BCUT2D eigenvalue weighted by molar-refractivity contribution is 5.94. The Hall–Kier alpha value is -1.96. The fourth-order valence-electron chi connectivity index (χ4n) is 1.32. The molecule has 8 nitrogen and oxygen atoms in total. The van der Waals surface area contributed by atoms with Gasteiger partial charge in [-0.2, -0.15) is 0 Å². The lowest BCUT2D eigenvalue weighted by molar-refractivity contribution is -0.120. The summed E-state index contributed by atoms with van der Waals surface area (Å²) in [4.78, 5) is 22.8. The van der Waals surface area contributed by atoms with Gasteiger partial charge in [-0.1, -0.05) is 18.6 Å². The van der Waals surface area contributed by atoms with Crippen molar-refractivity contribution in [3.8, 4) is 0 Å². The molecule has 1 unspecified atom stereocenters. The normalized spacial score (nSPS) is 11.9. The third-order valence-electron chi connectivity index (χ3n) is 2.36. The number of hydrogen-bond acceptors (Lipinski definition) is 5. The Morgan fingerprint density at radius 1 is 1.53 bits per heavy atom. The maximum absolute atomic E-state index is 11.5. The minimum atomic E-state index is -0.742. The van der Waals surface area contributed by atoms with Gasteiger partial charge >= 0.3 is 6.03 Å². The summed E-state index contributed by atoms with van der Waals surface area (Å²) in [7, 11) is 0. The number of aromatic nitrogens is 3. The van der Waals surface area contributed by atoms with Crippen LogP contribution in [0.2, 0.25) is 0 Å². The van der Waals surface area contributed by atoms with Gasteiger partial charge in [-0.3, -0.25) is 10.1 Å². The number of rotatable bonds is 6. The molecule has 1 atom stereocenters. The molecule has 8 heteroatoms. The van der Waals surface area contributed by atoms with E-state index in [-0.39, 0.29) is 6.54 Å². The molecule has 0 saturated carbocycles. The van der Waals surface area contributed by atoms with Crippen LogP contribution >= 0.6 is 0 Å². The van der Waals surface area contributed by atoms with Crippen molar-refractivity contribution in [1.82, 2.24) is 25.6 Å². The fourth-order valence-corrected chi connectivity index (χ4v) is 1.32. The summed E-state index contributed by atoms with van der Waals surface area (Å²) in [6.07, 6.45) is 2.55. The summed E-state index contributed by atoms with van der Waals surface area (Å²) in [5, 5.41) is 21.4. The molecule has 1 heterocycles. The van der Waals surface area contributed by atoms with Gasteiger partial charge < -0.3 is 10.4 Å². The Balaban J connectivity index is 2.35. The molecule has 0 aliphatic carbocycles. The van der Waals surface area contributed by atoms with E-state index in [9.17, 15) is 14.7 Å². The molecule has 0 saturated heterocycles. The third kappa shape index (κ3) is 5.47. The van der Waals surface area contributed by atoms with Gasteiger partial charge in [-0.15, -0.1) is 5.10 Å². The molecule has 0 fully saturated rings. The molecule has 19 heavy (non-hydrogen) atoms. The number of imide groups is 1. The van der Waals surface area contributed by atoms with E-state index in [1.54, 1.807) is 6.92 Å². The molecule has 0 bridgehead atoms. The molecule has 3 amide bonds. The molecule has 0 aliphatic heterocycles. The average molecular weight is 269 g/mol. The SMILES string of the molecule is CCCCNC(=O)NC(=O)Cn1cc(C(C)O)nn1. The predicted octanol–water partition coefficient (Wildman–Crippen LogP) is -0.0427. The van der Waals surface area contributed by atoms with E-state index in [0.29, 0.717) is 12.2 Å². The summed E-state index contributed by atoms with van der Waals surface area (Å²) < 4.78 is 1.26. The van der Waals surface area contributed by atoms with Crippen LogP contribution in [0.25, 0.3) is 0 Å². The lowest BCUT2D eigenvalue weighted by Crippen LogP contribution is -2.41. The van der Waals surface area contributed by atoms with E-state index in [0.717, 1.165) is 12.8 Å². The number of carbonyl (C=O) groups excluding carboxylic acids is 2. The minimum Gasteiger partial charge on any atom is -0.387 e. The van der Waals surface area contributed by atoms with E-state index in [1.807, 2.05) is 6.92 Å². The van der Waals surface area contributed by atoms with Gasteiger partial charge in [0, 0.05) is 6.54 Å². The quantitative estimate of drug-likeness (QED) is 0.628. The van der Waals surface area contributed by atoms with Crippen LogP contribution in [0.3, 0.4) is 0 Å². The number of nitrogens with one attached hydrogen (secondary N) is 2. The van der Waals surface area contributed by atoms with Crippen LogP contribution in [0.4, 0.5) is 4.79 Å². The standard InChI is InChI=1S/C11H19N5O3/c1-3-4-5-12-11(19)13-10(18)7-16-6-9(8(2)17)14-15-16/h6,8,17H,3-5,7H2,1-2H3,(H2,12,13,18,19). The molecule has 0 spiro atoms. The zero-order valence-electron chi connectivity index (χ0n) is 11.1. The Kier molecular flexibility index (Phi) is 5.94. The number of aliphatic hydroxyl groups excluding tert-OH is 1. The summed E-state index contributed by atoms with van der Waals surface area (Å²) >= 11 is 0. The smallest absolute Gasteiger partial charge is 0.321 e.